The predicted molar refractivity (Wildman–Crippen MR) is 135 cm³/mol. The first kappa shape index (κ1) is 28.4. The van der Waals surface area contributed by atoms with Crippen LogP contribution in [0.15, 0.2) is 76.4 Å². The van der Waals surface area contributed by atoms with Crippen LogP contribution >= 0.6 is 7.75 Å². The van der Waals surface area contributed by atoms with Gasteiger partial charge in [-0.2, -0.15) is 14.9 Å². The molecule has 0 saturated carbocycles. The van der Waals surface area contributed by atoms with Crippen molar-refractivity contribution in [2.45, 2.75) is 44.1 Å². The maximum Gasteiger partial charge on any atom is 0.459 e. The van der Waals surface area contributed by atoms with E-state index >= 15 is 0 Å². The van der Waals surface area contributed by atoms with Crippen molar-refractivity contribution in [2.24, 2.45) is 0 Å². The number of ether oxygens (including phenoxy) is 2. The SMILES string of the molecule is C[C@H](NP(=O)(OC[C@H]1O[C@@H](n2ncc(=O)[nH]c2=O)C(O)C1O)Oc1ccccc1)C(=O)OCc1ccccc1. The zero-order valence-corrected chi connectivity index (χ0v) is 21.5. The number of rotatable bonds is 11. The Morgan fingerprint density at radius 3 is 2.46 bits per heavy atom. The number of benzene rings is 2. The fourth-order valence-electron chi connectivity index (χ4n) is 3.64. The summed E-state index contributed by atoms with van der Waals surface area (Å²) >= 11 is 0. The molecule has 1 aliphatic heterocycles. The lowest BCUT2D eigenvalue weighted by atomic mass is 10.1. The summed E-state index contributed by atoms with van der Waals surface area (Å²) in [6.07, 6.45) is -5.18. The highest BCUT2D eigenvalue weighted by molar-refractivity contribution is 7.52. The molecule has 1 saturated heterocycles. The smallest absolute Gasteiger partial charge is 0.459 e. The van der Waals surface area contributed by atoms with Crippen molar-refractivity contribution in [3.8, 4) is 5.75 Å². The first-order chi connectivity index (χ1) is 18.6. The van der Waals surface area contributed by atoms with E-state index in [1.165, 1.54) is 19.1 Å². The van der Waals surface area contributed by atoms with E-state index in [9.17, 15) is 29.2 Å². The molecule has 1 aliphatic rings. The summed E-state index contributed by atoms with van der Waals surface area (Å²) < 4.78 is 36.2. The molecule has 208 valence electrons. The number of esters is 1. The number of aliphatic hydroxyl groups excluding tert-OH is 2. The molecule has 1 aromatic heterocycles. The van der Waals surface area contributed by atoms with E-state index in [4.69, 9.17) is 18.5 Å². The summed E-state index contributed by atoms with van der Waals surface area (Å²) in [5.41, 5.74) is -0.969. The van der Waals surface area contributed by atoms with E-state index in [-0.39, 0.29) is 12.4 Å². The fraction of sp³-hybridized carbons (Fsp3) is 0.333. The molecule has 3 aromatic rings. The Bertz CT molecular complexity index is 1420. The summed E-state index contributed by atoms with van der Waals surface area (Å²) in [7, 11) is -4.31. The van der Waals surface area contributed by atoms with E-state index < -0.39 is 62.2 Å². The second-order valence-electron chi connectivity index (χ2n) is 8.57. The highest BCUT2D eigenvalue weighted by atomic mass is 31.2. The summed E-state index contributed by atoms with van der Waals surface area (Å²) in [5.74, 6) is -0.566. The number of carbonyl (C=O) groups is 1. The number of hydrogen-bond donors (Lipinski definition) is 4. The maximum absolute atomic E-state index is 13.7. The third-order valence-electron chi connectivity index (χ3n) is 5.62. The van der Waals surface area contributed by atoms with E-state index in [0.29, 0.717) is 4.68 Å². The van der Waals surface area contributed by atoms with Gasteiger partial charge in [-0.25, -0.2) is 9.36 Å². The molecule has 4 rings (SSSR count). The van der Waals surface area contributed by atoms with E-state index in [1.807, 2.05) is 11.1 Å². The number of para-hydroxylation sites is 1. The van der Waals surface area contributed by atoms with Crippen LogP contribution in [0.3, 0.4) is 0 Å². The second-order valence-corrected chi connectivity index (χ2v) is 10.3. The van der Waals surface area contributed by atoms with Gasteiger partial charge in [0, 0.05) is 0 Å². The van der Waals surface area contributed by atoms with Crippen LogP contribution in [-0.2, 0) is 30.0 Å². The summed E-state index contributed by atoms with van der Waals surface area (Å²) in [6, 6.07) is 15.9. The van der Waals surface area contributed by atoms with Crippen molar-refractivity contribution in [3.05, 3.63) is 93.3 Å². The average molecular weight is 562 g/mol. The topological polar surface area (TPSA) is 191 Å². The molecule has 3 unspecified atom stereocenters. The lowest BCUT2D eigenvalue weighted by molar-refractivity contribution is -0.146. The molecule has 0 bridgehead atoms. The minimum absolute atomic E-state index is 0.00403. The standard InChI is InChI=1S/C24H27N4O10P/c1-15(23(32)35-13-16-8-4-2-5-9-16)27-39(34,38-17-10-6-3-7-11-17)36-14-18-20(30)21(31)22(37-18)28-24(33)26-19(29)12-25-28/h2-12,15,18,20-22,30-31H,13-14H2,1H3,(H,27,34)(H,26,29,33)/t15-,18+,20?,21?,22+,39?/m0/s1. The third kappa shape index (κ3) is 7.26. The Balaban J connectivity index is 1.45. The lowest BCUT2D eigenvalue weighted by Gasteiger charge is -2.24. The van der Waals surface area contributed by atoms with Gasteiger partial charge in [-0.3, -0.25) is 19.1 Å². The van der Waals surface area contributed by atoms with E-state index in [2.05, 4.69) is 10.2 Å². The molecule has 0 spiro atoms. The van der Waals surface area contributed by atoms with Crippen LogP contribution in [0.25, 0.3) is 0 Å². The second kappa shape index (κ2) is 12.5. The zero-order chi connectivity index (χ0) is 28.0. The van der Waals surface area contributed by atoms with Gasteiger partial charge >= 0.3 is 19.4 Å². The van der Waals surface area contributed by atoms with E-state index in [1.54, 1.807) is 42.5 Å². The molecule has 0 radical (unpaired) electrons. The number of H-pyrrole nitrogens is 1. The highest BCUT2D eigenvalue weighted by Gasteiger charge is 2.46. The van der Waals surface area contributed by atoms with Crippen LogP contribution in [-0.4, -0.2) is 61.9 Å². The van der Waals surface area contributed by atoms with Gasteiger partial charge in [-0.15, -0.1) is 0 Å². The van der Waals surface area contributed by atoms with Crippen LogP contribution < -0.4 is 20.9 Å². The van der Waals surface area contributed by atoms with Gasteiger partial charge in [0.25, 0.3) is 5.56 Å². The summed E-state index contributed by atoms with van der Waals surface area (Å²) in [5, 5.41) is 27.0. The first-order valence-electron chi connectivity index (χ1n) is 11.8. The van der Waals surface area contributed by atoms with Gasteiger partial charge in [0.1, 0.15) is 42.9 Å². The molecular formula is C24H27N4O10P. The van der Waals surface area contributed by atoms with Gasteiger partial charge < -0.3 is 24.2 Å². The van der Waals surface area contributed by atoms with Gasteiger partial charge in [0.2, 0.25) is 0 Å². The average Bonchev–Trinajstić information content (AvgIpc) is 3.20. The molecule has 1 fully saturated rings. The highest BCUT2D eigenvalue weighted by Crippen LogP contribution is 2.46. The Morgan fingerprint density at radius 2 is 1.79 bits per heavy atom. The number of aromatic amines is 1. The van der Waals surface area contributed by atoms with Gasteiger partial charge in [0.15, 0.2) is 6.23 Å². The molecular weight excluding hydrogens is 535 g/mol. The normalized spacial score (nSPS) is 23.1. The number of aromatic nitrogens is 3. The summed E-state index contributed by atoms with van der Waals surface area (Å²) in [6.45, 7) is 0.818. The first-order valence-corrected chi connectivity index (χ1v) is 13.4. The Labute approximate surface area is 221 Å². The number of nitrogens with zero attached hydrogens (tertiary/aromatic N) is 2. The fourth-order valence-corrected chi connectivity index (χ4v) is 5.14. The van der Waals surface area contributed by atoms with Crippen LogP contribution in [0.2, 0.25) is 0 Å². The molecule has 6 atom stereocenters. The quantitative estimate of drug-likeness (QED) is 0.187. The Kier molecular flexibility index (Phi) is 9.07. The molecule has 0 aliphatic carbocycles. The monoisotopic (exact) mass is 562 g/mol. The van der Waals surface area contributed by atoms with E-state index in [0.717, 1.165) is 11.8 Å². The van der Waals surface area contributed by atoms with Crippen molar-refractivity contribution < 1.29 is 38.1 Å². The number of aliphatic hydroxyl groups is 2. The van der Waals surface area contributed by atoms with Crippen molar-refractivity contribution in [3.63, 3.8) is 0 Å². The third-order valence-corrected chi connectivity index (χ3v) is 7.27. The van der Waals surface area contributed by atoms with Gasteiger partial charge in [-0.05, 0) is 24.6 Å². The zero-order valence-electron chi connectivity index (χ0n) is 20.7. The van der Waals surface area contributed by atoms with Crippen molar-refractivity contribution in [1.82, 2.24) is 19.9 Å². The molecule has 15 heteroatoms. The molecule has 39 heavy (non-hydrogen) atoms. The van der Waals surface area contributed by atoms with Crippen LogP contribution in [0.5, 0.6) is 5.75 Å². The number of nitrogens with one attached hydrogen (secondary N) is 2. The maximum atomic E-state index is 13.7. The van der Waals surface area contributed by atoms with Crippen molar-refractivity contribution >= 4 is 13.7 Å². The minimum Gasteiger partial charge on any atom is -0.460 e. The number of hydrogen-bond acceptors (Lipinski definition) is 11. The summed E-state index contributed by atoms with van der Waals surface area (Å²) in [4.78, 5) is 37.9. The van der Waals surface area contributed by atoms with Crippen molar-refractivity contribution in [1.29, 1.82) is 0 Å². The van der Waals surface area contributed by atoms with Crippen LogP contribution in [0.1, 0.15) is 18.7 Å². The van der Waals surface area contributed by atoms with Crippen LogP contribution in [0.4, 0.5) is 0 Å². The molecule has 2 aromatic carbocycles. The minimum atomic E-state index is -4.31. The lowest BCUT2D eigenvalue weighted by Crippen LogP contribution is -2.39. The molecule has 14 nitrogen and oxygen atoms in total. The van der Waals surface area contributed by atoms with Gasteiger partial charge in [-0.1, -0.05) is 48.5 Å². The van der Waals surface area contributed by atoms with Crippen LogP contribution in [0, 0.1) is 0 Å². The Hall–Kier alpha value is -3.65. The molecule has 0 amide bonds. The van der Waals surface area contributed by atoms with Crippen molar-refractivity contribution in [2.75, 3.05) is 6.61 Å². The van der Waals surface area contributed by atoms with Gasteiger partial charge in [0.05, 0.1) is 6.61 Å². The predicted octanol–water partition coefficient (Wildman–Crippen LogP) is 0.476. The molecule has 4 N–H and O–H groups in total. The number of carbonyl (C=O) groups excluding carboxylic acids is 1. The Morgan fingerprint density at radius 1 is 1.13 bits per heavy atom. The molecule has 2 heterocycles. The largest absolute Gasteiger partial charge is 0.460 e.